The van der Waals surface area contributed by atoms with Crippen LogP contribution in [0.5, 0.6) is 0 Å². The second-order valence-electron chi connectivity index (χ2n) is 18.8. The van der Waals surface area contributed by atoms with Gasteiger partial charge in [-0.05, 0) is 25.7 Å². The number of hydrogen-bond donors (Lipinski definition) is 2. The zero-order valence-electron chi connectivity index (χ0n) is 41.2. The normalized spacial score (nSPS) is 12.4. The molecule has 0 rings (SSSR count). The Labute approximate surface area is 383 Å². The smallest absolute Gasteiger partial charge is 0.306 e. The summed E-state index contributed by atoms with van der Waals surface area (Å²) in [5, 5.41) is 18.3. The Kier molecular flexibility index (Phi) is 49.0. The summed E-state index contributed by atoms with van der Waals surface area (Å²) in [5.41, 5.74) is 0. The first-order valence-corrected chi connectivity index (χ1v) is 27.2. The molecule has 0 bridgehead atoms. The fraction of sp³-hybridized carbons (Fsp3) is 0.944. The van der Waals surface area contributed by atoms with E-state index in [0.29, 0.717) is 25.7 Å². The molecule has 2 N–H and O–H groups in total. The fourth-order valence-electron chi connectivity index (χ4n) is 8.31. The minimum Gasteiger partial charge on any atom is -0.462 e. The monoisotopic (exact) mass is 881 g/mol. The summed E-state index contributed by atoms with van der Waals surface area (Å²) in [6.45, 7) is 4.24. The molecule has 368 valence electrons. The van der Waals surface area contributed by atoms with Gasteiger partial charge in [-0.2, -0.15) is 0 Å². The molecule has 0 spiro atoms. The Hall–Kier alpha value is -1.67. The standard InChI is InChI=1S/C54H104O8/c1-3-5-7-9-11-13-15-19-24-28-32-36-40-44-52(57)60-48-51(62-54(59)46-42-38-34-30-26-20-16-14-12-10-8-6-4-2)49-61-53(58)45-41-37-33-29-25-22-18-17-21-23-27-31-35-39-43-50(56)47-55/h50-51,55-56H,3-49H2,1-2H3. The Bertz CT molecular complexity index is 941. The SMILES string of the molecule is CCCCCCCCCCCCCCCC(=O)OCC(COC(=O)CCCCCCCCCCCCCCCCC(O)CO)OC(=O)CCCCCCCCCCCCCCC. The second-order valence-corrected chi connectivity index (χ2v) is 18.8. The van der Waals surface area contributed by atoms with Crippen molar-refractivity contribution in [2.75, 3.05) is 19.8 Å². The van der Waals surface area contributed by atoms with Crippen LogP contribution in [0.15, 0.2) is 0 Å². The highest BCUT2D eigenvalue weighted by molar-refractivity contribution is 5.71. The maximum Gasteiger partial charge on any atom is 0.306 e. The highest BCUT2D eigenvalue weighted by atomic mass is 16.6. The lowest BCUT2D eigenvalue weighted by molar-refractivity contribution is -0.167. The third-order valence-corrected chi connectivity index (χ3v) is 12.5. The van der Waals surface area contributed by atoms with Crippen LogP contribution in [-0.4, -0.2) is 60.1 Å². The molecule has 0 aromatic heterocycles. The first-order chi connectivity index (χ1) is 30.4. The second kappa shape index (κ2) is 50.3. The molecule has 0 aromatic carbocycles. The van der Waals surface area contributed by atoms with E-state index in [1.54, 1.807) is 0 Å². The number of aliphatic hydroxyl groups is 2. The van der Waals surface area contributed by atoms with Crippen molar-refractivity contribution >= 4 is 17.9 Å². The maximum absolute atomic E-state index is 12.8. The third-order valence-electron chi connectivity index (χ3n) is 12.5. The molecular formula is C54H104O8. The Morgan fingerprint density at radius 2 is 0.597 bits per heavy atom. The van der Waals surface area contributed by atoms with Crippen LogP contribution < -0.4 is 0 Å². The highest BCUT2D eigenvalue weighted by Gasteiger charge is 2.19. The summed E-state index contributed by atoms with van der Waals surface area (Å²) in [5.74, 6) is -0.884. The molecule has 8 nitrogen and oxygen atoms in total. The van der Waals surface area contributed by atoms with Crippen molar-refractivity contribution in [2.45, 2.75) is 309 Å². The summed E-state index contributed by atoms with van der Waals surface area (Å²) in [4.78, 5) is 38.0. The van der Waals surface area contributed by atoms with Crippen LogP contribution in [0.25, 0.3) is 0 Å². The van der Waals surface area contributed by atoms with Gasteiger partial charge in [0, 0.05) is 19.3 Å². The van der Waals surface area contributed by atoms with Gasteiger partial charge in [0.1, 0.15) is 13.2 Å². The molecule has 2 atom stereocenters. The van der Waals surface area contributed by atoms with Gasteiger partial charge in [-0.25, -0.2) is 0 Å². The van der Waals surface area contributed by atoms with E-state index in [1.807, 2.05) is 0 Å². The minimum atomic E-state index is -0.776. The van der Waals surface area contributed by atoms with Crippen LogP contribution in [-0.2, 0) is 28.6 Å². The number of aliphatic hydroxyl groups excluding tert-OH is 2. The summed E-state index contributed by atoms with van der Waals surface area (Å²) >= 11 is 0. The number of unbranched alkanes of at least 4 members (excludes halogenated alkanes) is 37. The van der Waals surface area contributed by atoms with Gasteiger partial charge in [-0.15, -0.1) is 0 Å². The van der Waals surface area contributed by atoms with Crippen molar-refractivity contribution < 1.29 is 38.8 Å². The van der Waals surface area contributed by atoms with Crippen molar-refractivity contribution in [1.29, 1.82) is 0 Å². The van der Waals surface area contributed by atoms with Crippen LogP contribution in [0.4, 0.5) is 0 Å². The number of esters is 3. The molecule has 0 fully saturated rings. The number of carbonyl (C=O) groups is 3. The van der Waals surface area contributed by atoms with E-state index >= 15 is 0 Å². The van der Waals surface area contributed by atoms with Gasteiger partial charge in [0.2, 0.25) is 0 Å². The number of hydrogen-bond acceptors (Lipinski definition) is 8. The lowest BCUT2D eigenvalue weighted by Gasteiger charge is -2.18. The van der Waals surface area contributed by atoms with Crippen LogP contribution in [0, 0.1) is 0 Å². The Morgan fingerprint density at radius 1 is 0.355 bits per heavy atom. The highest BCUT2D eigenvalue weighted by Crippen LogP contribution is 2.17. The van der Waals surface area contributed by atoms with E-state index in [2.05, 4.69) is 13.8 Å². The predicted octanol–water partition coefficient (Wildman–Crippen LogP) is 15.5. The van der Waals surface area contributed by atoms with E-state index < -0.39 is 12.2 Å². The fourth-order valence-corrected chi connectivity index (χ4v) is 8.31. The van der Waals surface area contributed by atoms with Crippen LogP contribution in [0.2, 0.25) is 0 Å². The molecule has 62 heavy (non-hydrogen) atoms. The Morgan fingerprint density at radius 3 is 0.871 bits per heavy atom. The van der Waals surface area contributed by atoms with Gasteiger partial charge >= 0.3 is 17.9 Å². The number of ether oxygens (including phenoxy) is 3. The van der Waals surface area contributed by atoms with Crippen LogP contribution in [0.1, 0.15) is 296 Å². The molecule has 0 aliphatic rings. The molecule has 0 amide bonds. The molecular weight excluding hydrogens is 777 g/mol. The first kappa shape index (κ1) is 60.3. The molecule has 0 radical (unpaired) electrons. The average molecular weight is 881 g/mol. The van der Waals surface area contributed by atoms with E-state index in [-0.39, 0.29) is 37.7 Å². The van der Waals surface area contributed by atoms with Crippen molar-refractivity contribution in [3.05, 3.63) is 0 Å². The average Bonchev–Trinajstić information content (AvgIpc) is 3.27. The number of rotatable bonds is 51. The zero-order chi connectivity index (χ0) is 45.2. The zero-order valence-corrected chi connectivity index (χ0v) is 41.2. The van der Waals surface area contributed by atoms with Gasteiger partial charge in [0.25, 0.3) is 0 Å². The lowest BCUT2D eigenvalue weighted by atomic mass is 10.0. The topological polar surface area (TPSA) is 119 Å². The molecule has 0 aromatic rings. The maximum atomic E-state index is 12.8. The van der Waals surface area contributed by atoms with Crippen molar-refractivity contribution in [2.24, 2.45) is 0 Å². The third kappa shape index (κ3) is 47.8. The van der Waals surface area contributed by atoms with Crippen LogP contribution in [0.3, 0.4) is 0 Å². The van der Waals surface area contributed by atoms with E-state index in [4.69, 9.17) is 19.3 Å². The van der Waals surface area contributed by atoms with E-state index in [0.717, 1.165) is 70.6 Å². The summed E-state index contributed by atoms with van der Waals surface area (Å²) < 4.78 is 16.8. The molecule has 2 unspecified atom stereocenters. The lowest BCUT2D eigenvalue weighted by Crippen LogP contribution is -2.30. The summed E-state index contributed by atoms with van der Waals surface area (Å²) in [7, 11) is 0. The van der Waals surface area contributed by atoms with E-state index in [1.165, 1.54) is 186 Å². The van der Waals surface area contributed by atoms with Gasteiger partial charge in [-0.3, -0.25) is 14.4 Å². The van der Waals surface area contributed by atoms with Gasteiger partial charge in [-0.1, -0.05) is 251 Å². The molecule has 0 saturated heterocycles. The Balaban J connectivity index is 4.28. The van der Waals surface area contributed by atoms with Gasteiger partial charge in [0.15, 0.2) is 6.10 Å². The predicted molar refractivity (Wildman–Crippen MR) is 259 cm³/mol. The molecule has 0 aliphatic carbocycles. The molecule has 0 heterocycles. The quantitative estimate of drug-likeness (QED) is 0.0352. The van der Waals surface area contributed by atoms with Crippen molar-refractivity contribution in [1.82, 2.24) is 0 Å². The minimum absolute atomic E-state index is 0.0766. The first-order valence-electron chi connectivity index (χ1n) is 27.2. The van der Waals surface area contributed by atoms with Gasteiger partial charge < -0.3 is 24.4 Å². The number of carbonyl (C=O) groups excluding carboxylic acids is 3. The van der Waals surface area contributed by atoms with E-state index in [9.17, 15) is 19.5 Å². The molecule has 8 heteroatoms. The molecule has 0 saturated carbocycles. The van der Waals surface area contributed by atoms with Crippen molar-refractivity contribution in [3.8, 4) is 0 Å². The van der Waals surface area contributed by atoms with Crippen molar-refractivity contribution in [3.63, 3.8) is 0 Å². The largest absolute Gasteiger partial charge is 0.462 e. The summed E-state index contributed by atoms with van der Waals surface area (Å²) in [6.07, 6.45) is 49.2. The summed E-state index contributed by atoms with van der Waals surface area (Å²) in [6, 6.07) is 0. The van der Waals surface area contributed by atoms with Gasteiger partial charge in [0.05, 0.1) is 12.7 Å². The molecule has 0 aliphatic heterocycles. The van der Waals surface area contributed by atoms with Crippen LogP contribution >= 0.6 is 0 Å².